The molecule has 0 saturated heterocycles. The molecule has 0 unspecified atom stereocenters. The van der Waals surface area contributed by atoms with E-state index in [1.54, 1.807) is 6.07 Å². The van der Waals surface area contributed by atoms with E-state index >= 15 is 0 Å². The van der Waals surface area contributed by atoms with Crippen LogP contribution in [0.25, 0.3) is 0 Å². The molecular formula is C17H14Cl2N2O5. The molecule has 0 radical (unpaired) electrons. The van der Waals surface area contributed by atoms with Crippen molar-refractivity contribution in [1.29, 1.82) is 0 Å². The number of nitrogens with zero attached hydrogens (tertiary/aromatic N) is 1. The first-order valence-corrected chi connectivity index (χ1v) is 8.15. The standard InChI is InChI=1S/C17H14Cl2N2O5/c1-26-17(23)14(9-10-5-7-11(8-6-10)21(24)25)20-16(22)15-12(18)3-2-4-13(15)19/h2-8,14H,9H2,1H3,(H,20,22)/t14-/m0/s1. The molecule has 0 fully saturated rings. The second-order valence-corrected chi connectivity index (χ2v) is 6.09. The third kappa shape index (κ3) is 4.71. The van der Waals surface area contributed by atoms with Crippen LogP contribution in [-0.2, 0) is 16.0 Å². The molecule has 0 aliphatic heterocycles. The van der Waals surface area contributed by atoms with Gasteiger partial charge in [0, 0.05) is 18.6 Å². The summed E-state index contributed by atoms with van der Waals surface area (Å²) in [7, 11) is 1.19. The van der Waals surface area contributed by atoms with Crippen LogP contribution in [0.15, 0.2) is 42.5 Å². The predicted octanol–water partition coefficient (Wildman–Crippen LogP) is 3.42. The molecule has 0 saturated carbocycles. The number of halogens is 2. The van der Waals surface area contributed by atoms with Gasteiger partial charge in [0.05, 0.1) is 27.6 Å². The molecule has 0 spiro atoms. The minimum atomic E-state index is -1.01. The monoisotopic (exact) mass is 396 g/mol. The van der Waals surface area contributed by atoms with Crippen molar-refractivity contribution in [1.82, 2.24) is 5.32 Å². The zero-order valence-corrected chi connectivity index (χ0v) is 15.1. The van der Waals surface area contributed by atoms with Gasteiger partial charge in [-0.2, -0.15) is 0 Å². The minimum Gasteiger partial charge on any atom is -0.467 e. The lowest BCUT2D eigenvalue weighted by Gasteiger charge is -2.17. The molecule has 0 aliphatic carbocycles. The average Bonchev–Trinajstić information content (AvgIpc) is 2.60. The zero-order valence-electron chi connectivity index (χ0n) is 13.6. The molecule has 7 nitrogen and oxygen atoms in total. The molecule has 0 bridgehead atoms. The Hall–Kier alpha value is -2.64. The van der Waals surface area contributed by atoms with Gasteiger partial charge in [-0.3, -0.25) is 14.9 Å². The highest BCUT2D eigenvalue weighted by molar-refractivity contribution is 6.39. The molecule has 1 N–H and O–H groups in total. The molecule has 26 heavy (non-hydrogen) atoms. The van der Waals surface area contributed by atoms with Crippen molar-refractivity contribution < 1.29 is 19.2 Å². The third-order valence-corrected chi connectivity index (χ3v) is 4.20. The number of methoxy groups -OCH3 is 1. The number of nitrogens with one attached hydrogen (secondary N) is 1. The van der Waals surface area contributed by atoms with Crippen LogP contribution in [0.2, 0.25) is 10.0 Å². The Morgan fingerprint density at radius 3 is 2.23 bits per heavy atom. The number of hydrogen-bond acceptors (Lipinski definition) is 5. The Morgan fingerprint density at radius 2 is 1.73 bits per heavy atom. The molecule has 0 aliphatic rings. The highest BCUT2D eigenvalue weighted by atomic mass is 35.5. The first-order valence-electron chi connectivity index (χ1n) is 7.39. The highest BCUT2D eigenvalue weighted by Gasteiger charge is 2.25. The number of nitro groups is 1. The Morgan fingerprint density at radius 1 is 1.15 bits per heavy atom. The summed E-state index contributed by atoms with van der Waals surface area (Å²) in [6.07, 6.45) is 0.0818. The number of rotatable bonds is 6. The SMILES string of the molecule is COC(=O)[C@H](Cc1ccc([N+](=O)[O-])cc1)NC(=O)c1c(Cl)cccc1Cl. The van der Waals surface area contributed by atoms with Crippen LogP contribution in [0, 0.1) is 10.1 Å². The number of nitro benzene ring substituents is 1. The van der Waals surface area contributed by atoms with Crippen LogP contribution >= 0.6 is 23.2 Å². The topological polar surface area (TPSA) is 98.5 Å². The Bertz CT molecular complexity index is 819. The Labute approximate surface area is 159 Å². The summed E-state index contributed by atoms with van der Waals surface area (Å²) < 4.78 is 4.72. The van der Waals surface area contributed by atoms with Crippen LogP contribution in [0.5, 0.6) is 0 Å². The van der Waals surface area contributed by atoms with Gasteiger partial charge < -0.3 is 10.1 Å². The van der Waals surface area contributed by atoms with Gasteiger partial charge in [-0.1, -0.05) is 41.4 Å². The highest BCUT2D eigenvalue weighted by Crippen LogP contribution is 2.24. The molecule has 2 rings (SSSR count). The van der Waals surface area contributed by atoms with Crippen molar-refractivity contribution in [3.63, 3.8) is 0 Å². The average molecular weight is 397 g/mol. The fourth-order valence-corrected chi connectivity index (χ4v) is 2.84. The maximum Gasteiger partial charge on any atom is 0.328 e. The van der Waals surface area contributed by atoms with Crippen LogP contribution < -0.4 is 5.32 Å². The van der Waals surface area contributed by atoms with Crippen molar-refractivity contribution in [3.05, 3.63) is 73.8 Å². The van der Waals surface area contributed by atoms with Gasteiger partial charge in [-0.25, -0.2) is 4.79 Å². The molecule has 0 heterocycles. The number of esters is 1. The molecule has 2 aromatic rings. The lowest BCUT2D eigenvalue weighted by atomic mass is 10.0. The molecule has 0 aromatic heterocycles. The summed E-state index contributed by atoms with van der Waals surface area (Å²) in [6.45, 7) is 0. The first kappa shape index (κ1) is 19.7. The minimum absolute atomic E-state index is 0.0495. The Balaban J connectivity index is 2.21. The van der Waals surface area contributed by atoms with E-state index in [0.29, 0.717) is 5.56 Å². The van der Waals surface area contributed by atoms with Crippen LogP contribution in [-0.4, -0.2) is 30.0 Å². The normalized spacial score (nSPS) is 11.5. The lowest BCUT2D eigenvalue weighted by molar-refractivity contribution is -0.384. The maximum atomic E-state index is 12.5. The van der Waals surface area contributed by atoms with Crippen molar-refractivity contribution in [2.75, 3.05) is 7.11 Å². The molecule has 1 atom stereocenters. The van der Waals surface area contributed by atoms with Crippen LogP contribution in [0.4, 0.5) is 5.69 Å². The van der Waals surface area contributed by atoms with Gasteiger partial charge in [0.2, 0.25) is 0 Å². The second kappa shape index (κ2) is 8.64. The summed E-state index contributed by atoms with van der Waals surface area (Å²) in [4.78, 5) is 34.7. The summed E-state index contributed by atoms with van der Waals surface area (Å²) in [6, 6.07) is 9.23. The smallest absolute Gasteiger partial charge is 0.328 e. The summed E-state index contributed by atoms with van der Waals surface area (Å²) in [5.74, 6) is -1.29. The van der Waals surface area contributed by atoms with E-state index in [9.17, 15) is 19.7 Å². The fourth-order valence-electron chi connectivity index (χ4n) is 2.27. The van der Waals surface area contributed by atoms with Crippen molar-refractivity contribution in [2.45, 2.75) is 12.5 Å². The van der Waals surface area contributed by atoms with E-state index in [0.717, 1.165) is 0 Å². The predicted molar refractivity (Wildman–Crippen MR) is 96.5 cm³/mol. The van der Waals surface area contributed by atoms with Crippen molar-refractivity contribution in [3.8, 4) is 0 Å². The zero-order chi connectivity index (χ0) is 19.3. The number of carbonyl (C=O) groups is 2. The quantitative estimate of drug-likeness (QED) is 0.458. The Kier molecular flexibility index (Phi) is 6.54. The van der Waals surface area contributed by atoms with E-state index < -0.39 is 22.8 Å². The number of amides is 1. The first-order chi connectivity index (χ1) is 12.3. The largest absolute Gasteiger partial charge is 0.467 e. The molecule has 2 aromatic carbocycles. The fraction of sp³-hybridized carbons (Fsp3) is 0.176. The molecular weight excluding hydrogens is 383 g/mol. The van der Waals surface area contributed by atoms with E-state index in [1.165, 1.54) is 43.5 Å². The second-order valence-electron chi connectivity index (χ2n) is 5.27. The number of benzene rings is 2. The molecule has 9 heteroatoms. The molecule has 1 amide bonds. The van der Waals surface area contributed by atoms with E-state index in [4.69, 9.17) is 27.9 Å². The number of hydrogen-bond donors (Lipinski definition) is 1. The van der Waals surface area contributed by atoms with E-state index in [-0.39, 0.29) is 27.7 Å². The number of non-ortho nitro benzene ring substituents is 1. The van der Waals surface area contributed by atoms with Gasteiger partial charge in [0.15, 0.2) is 0 Å². The summed E-state index contributed by atoms with van der Waals surface area (Å²) in [5.41, 5.74) is 0.584. The number of carbonyl (C=O) groups excluding carboxylic acids is 2. The molecule has 136 valence electrons. The van der Waals surface area contributed by atoms with Gasteiger partial charge in [-0.15, -0.1) is 0 Å². The van der Waals surface area contributed by atoms with Gasteiger partial charge in [-0.05, 0) is 17.7 Å². The van der Waals surface area contributed by atoms with Crippen molar-refractivity contribution >= 4 is 40.8 Å². The van der Waals surface area contributed by atoms with E-state index in [1.807, 2.05) is 0 Å². The van der Waals surface area contributed by atoms with Crippen LogP contribution in [0.3, 0.4) is 0 Å². The maximum absolute atomic E-state index is 12.5. The van der Waals surface area contributed by atoms with Gasteiger partial charge >= 0.3 is 5.97 Å². The summed E-state index contributed by atoms with van der Waals surface area (Å²) >= 11 is 12.0. The van der Waals surface area contributed by atoms with Gasteiger partial charge in [0.1, 0.15) is 6.04 Å². The lowest BCUT2D eigenvalue weighted by Crippen LogP contribution is -2.43. The third-order valence-electron chi connectivity index (χ3n) is 3.57. The number of ether oxygens (including phenoxy) is 1. The van der Waals surface area contributed by atoms with E-state index in [2.05, 4.69) is 5.32 Å². The summed E-state index contributed by atoms with van der Waals surface area (Å²) in [5, 5.41) is 13.5. The van der Waals surface area contributed by atoms with Crippen LogP contribution in [0.1, 0.15) is 15.9 Å². The van der Waals surface area contributed by atoms with Crippen molar-refractivity contribution in [2.24, 2.45) is 0 Å². The van der Waals surface area contributed by atoms with Gasteiger partial charge in [0.25, 0.3) is 11.6 Å².